The molecule has 0 atom stereocenters. The van der Waals surface area contributed by atoms with Crippen LogP contribution in [-0.4, -0.2) is 34.0 Å². The van der Waals surface area contributed by atoms with Crippen molar-refractivity contribution >= 4 is 5.96 Å². The van der Waals surface area contributed by atoms with Crippen LogP contribution in [0, 0.1) is 5.92 Å². The highest BCUT2D eigenvalue weighted by atomic mass is 15.4. The van der Waals surface area contributed by atoms with Gasteiger partial charge in [-0.1, -0.05) is 19.1 Å². The van der Waals surface area contributed by atoms with E-state index >= 15 is 0 Å². The molecule has 0 bridgehead atoms. The maximum Gasteiger partial charge on any atom is 0.205 e. The Morgan fingerprint density at radius 3 is 2.94 bits per heavy atom. The minimum atomic E-state index is 0.514. The van der Waals surface area contributed by atoms with Crippen LogP contribution in [0.3, 0.4) is 0 Å². The molecule has 0 aliphatic carbocycles. The molecule has 0 saturated carbocycles. The highest BCUT2D eigenvalue weighted by Gasteiger charge is 1.97. The first kappa shape index (κ1) is 12.4. The number of nitrogens with one attached hydrogen (secondary N) is 2. The molecule has 0 unspecified atom stereocenters. The standard InChI is InChI=1S/C9H19N7/c1-8(2)7-12-9(14-10)11-3-5-16-6-4-13-15-16/h4,6,8H,3,5,7,10H2,1-2H3,(H2,11,12,14). The zero-order valence-corrected chi connectivity index (χ0v) is 9.72. The van der Waals surface area contributed by atoms with Crippen LogP contribution in [0.5, 0.6) is 0 Å². The Kier molecular flexibility index (Phi) is 5.27. The Morgan fingerprint density at radius 2 is 2.38 bits per heavy atom. The average molecular weight is 225 g/mol. The minimum absolute atomic E-state index is 0.514. The average Bonchev–Trinajstić information content (AvgIpc) is 2.75. The van der Waals surface area contributed by atoms with Crippen molar-refractivity contribution < 1.29 is 0 Å². The lowest BCUT2D eigenvalue weighted by Crippen LogP contribution is -2.43. The Labute approximate surface area is 95.1 Å². The number of hydrogen-bond acceptors (Lipinski definition) is 4. The van der Waals surface area contributed by atoms with Gasteiger partial charge in [0.2, 0.25) is 5.96 Å². The lowest BCUT2D eigenvalue weighted by molar-refractivity contribution is 0.574. The first-order valence-electron chi connectivity index (χ1n) is 5.31. The molecule has 7 nitrogen and oxygen atoms in total. The number of nitrogens with two attached hydrogens (primary N) is 1. The summed E-state index contributed by atoms with van der Waals surface area (Å²) < 4.78 is 1.74. The number of guanidine groups is 1. The summed E-state index contributed by atoms with van der Waals surface area (Å²) in [5.41, 5.74) is 2.53. The fraction of sp³-hybridized carbons (Fsp3) is 0.667. The van der Waals surface area contributed by atoms with Gasteiger partial charge in [-0.2, -0.15) is 0 Å². The lowest BCUT2D eigenvalue weighted by Gasteiger charge is -2.09. The van der Waals surface area contributed by atoms with Gasteiger partial charge in [0.1, 0.15) is 0 Å². The van der Waals surface area contributed by atoms with Crippen LogP contribution in [-0.2, 0) is 6.54 Å². The van der Waals surface area contributed by atoms with E-state index < -0.39 is 0 Å². The molecular formula is C9H19N7. The summed E-state index contributed by atoms with van der Waals surface area (Å²) >= 11 is 0. The van der Waals surface area contributed by atoms with Gasteiger partial charge in [0.15, 0.2) is 0 Å². The zero-order chi connectivity index (χ0) is 11.8. The molecule has 0 spiro atoms. The smallest absolute Gasteiger partial charge is 0.205 e. The predicted molar refractivity (Wildman–Crippen MR) is 62.5 cm³/mol. The molecule has 1 aromatic heterocycles. The second kappa shape index (κ2) is 6.78. The highest BCUT2D eigenvalue weighted by Crippen LogP contribution is 1.90. The second-order valence-corrected chi connectivity index (χ2v) is 3.82. The van der Waals surface area contributed by atoms with Gasteiger partial charge in [-0.3, -0.25) is 15.1 Å². The highest BCUT2D eigenvalue weighted by molar-refractivity contribution is 5.79. The Morgan fingerprint density at radius 1 is 1.56 bits per heavy atom. The van der Waals surface area contributed by atoms with Gasteiger partial charge in [0.25, 0.3) is 0 Å². The van der Waals surface area contributed by atoms with Crippen LogP contribution in [0.25, 0.3) is 0 Å². The molecule has 7 heteroatoms. The maximum atomic E-state index is 5.34. The molecule has 1 rings (SSSR count). The predicted octanol–water partition coefficient (Wildman–Crippen LogP) is -0.657. The molecule has 1 heterocycles. The van der Waals surface area contributed by atoms with Gasteiger partial charge in [-0.05, 0) is 5.92 Å². The molecule has 0 fully saturated rings. The van der Waals surface area contributed by atoms with Crippen molar-refractivity contribution in [3.05, 3.63) is 12.4 Å². The van der Waals surface area contributed by atoms with E-state index in [9.17, 15) is 0 Å². The van der Waals surface area contributed by atoms with Gasteiger partial charge < -0.3 is 5.32 Å². The number of nitrogens with zero attached hydrogens (tertiary/aromatic N) is 4. The summed E-state index contributed by atoms with van der Waals surface area (Å²) in [6, 6.07) is 0. The van der Waals surface area contributed by atoms with E-state index in [1.807, 2.05) is 6.20 Å². The SMILES string of the molecule is CC(C)CN=C(NN)NCCn1ccnn1. The Bertz CT molecular complexity index is 304. The third-order valence-electron chi connectivity index (χ3n) is 1.86. The van der Waals surface area contributed by atoms with Crippen molar-refractivity contribution in [2.75, 3.05) is 13.1 Å². The summed E-state index contributed by atoms with van der Waals surface area (Å²) in [4.78, 5) is 4.28. The first-order valence-corrected chi connectivity index (χ1v) is 5.31. The molecule has 0 aliphatic rings. The van der Waals surface area contributed by atoms with Crippen LogP contribution >= 0.6 is 0 Å². The lowest BCUT2D eigenvalue weighted by atomic mass is 10.2. The van der Waals surface area contributed by atoms with Crippen molar-refractivity contribution in [2.24, 2.45) is 16.8 Å². The molecule has 0 radical (unpaired) electrons. The van der Waals surface area contributed by atoms with Gasteiger partial charge in [-0.25, -0.2) is 5.84 Å². The topological polar surface area (TPSA) is 93.2 Å². The van der Waals surface area contributed by atoms with Crippen molar-refractivity contribution in [2.45, 2.75) is 20.4 Å². The summed E-state index contributed by atoms with van der Waals surface area (Å²) in [5, 5.41) is 10.7. The fourth-order valence-electron chi connectivity index (χ4n) is 1.07. The van der Waals surface area contributed by atoms with Gasteiger partial charge in [-0.15, -0.1) is 5.10 Å². The molecule has 0 aliphatic heterocycles. The molecule has 16 heavy (non-hydrogen) atoms. The molecule has 0 saturated heterocycles. The summed E-state index contributed by atoms with van der Waals surface area (Å²) in [5.74, 6) is 6.46. The largest absolute Gasteiger partial charge is 0.353 e. The van der Waals surface area contributed by atoms with E-state index in [0.29, 0.717) is 18.4 Å². The van der Waals surface area contributed by atoms with Crippen LogP contribution in [0.1, 0.15) is 13.8 Å². The van der Waals surface area contributed by atoms with E-state index in [4.69, 9.17) is 5.84 Å². The molecule has 4 N–H and O–H groups in total. The number of hydrogen-bond donors (Lipinski definition) is 3. The molecule has 0 aromatic carbocycles. The normalized spacial score (nSPS) is 11.9. The van der Waals surface area contributed by atoms with Crippen molar-refractivity contribution in [3.63, 3.8) is 0 Å². The van der Waals surface area contributed by atoms with Gasteiger partial charge in [0, 0.05) is 19.3 Å². The monoisotopic (exact) mass is 225 g/mol. The third-order valence-corrected chi connectivity index (χ3v) is 1.86. The minimum Gasteiger partial charge on any atom is -0.353 e. The molecule has 0 amide bonds. The van der Waals surface area contributed by atoms with Crippen molar-refractivity contribution in [1.82, 2.24) is 25.7 Å². The fourth-order valence-corrected chi connectivity index (χ4v) is 1.07. The first-order chi connectivity index (χ1) is 7.72. The van der Waals surface area contributed by atoms with E-state index in [1.54, 1.807) is 10.9 Å². The van der Waals surface area contributed by atoms with E-state index in [1.165, 1.54) is 0 Å². The molecule has 1 aromatic rings. The quantitative estimate of drug-likeness (QED) is 0.268. The molecular weight excluding hydrogens is 206 g/mol. The Balaban J connectivity index is 2.26. The van der Waals surface area contributed by atoms with Gasteiger partial charge in [0.05, 0.1) is 12.7 Å². The van der Waals surface area contributed by atoms with Crippen LogP contribution in [0.4, 0.5) is 0 Å². The van der Waals surface area contributed by atoms with Gasteiger partial charge >= 0.3 is 0 Å². The van der Waals surface area contributed by atoms with E-state index in [-0.39, 0.29) is 0 Å². The maximum absolute atomic E-state index is 5.34. The number of aliphatic imine (C=N–C) groups is 1. The second-order valence-electron chi connectivity index (χ2n) is 3.82. The van der Waals surface area contributed by atoms with Crippen LogP contribution in [0.2, 0.25) is 0 Å². The van der Waals surface area contributed by atoms with Crippen molar-refractivity contribution in [1.29, 1.82) is 0 Å². The van der Waals surface area contributed by atoms with E-state index in [0.717, 1.165) is 13.1 Å². The number of hydrazine groups is 1. The molecule has 90 valence electrons. The van der Waals surface area contributed by atoms with Crippen LogP contribution < -0.4 is 16.6 Å². The van der Waals surface area contributed by atoms with Crippen LogP contribution in [0.15, 0.2) is 17.4 Å². The zero-order valence-electron chi connectivity index (χ0n) is 9.72. The van der Waals surface area contributed by atoms with E-state index in [2.05, 4.69) is 39.9 Å². The number of aromatic nitrogens is 3. The summed E-state index contributed by atoms with van der Waals surface area (Å²) in [6.07, 6.45) is 3.46. The Hall–Kier alpha value is -1.63. The third kappa shape index (κ3) is 4.74. The summed E-state index contributed by atoms with van der Waals surface area (Å²) in [6.45, 7) is 6.38. The number of rotatable bonds is 5. The van der Waals surface area contributed by atoms with Crippen molar-refractivity contribution in [3.8, 4) is 0 Å². The summed E-state index contributed by atoms with van der Waals surface area (Å²) in [7, 11) is 0.